The van der Waals surface area contributed by atoms with Crippen LogP contribution in [0, 0.1) is 12.8 Å². The Kier molecular flexibility index (Phi) is 8.70. The second-order valence-corrected chi connectivity index (χ2v) is 4.60. The minimum atomic E-state index is 0. The van der Waals surface area contributed by atoms with E-state index in [1.54, 1.807) is 0 Å². The van der Waals surface area contributed by atoms with Crippen LogP contribution in [0.4, 0.5) is 0 Å². The maximum Gasteiger partial charge on any atom is 0.188 e. The molecule has 3 N–H and O–H groups in total. The quantitative estimate of drug-likeness (QED) is 0.479. The Labute approximate surface area is 126 Å². The topological polar surface area (TPSA) is 63.3 Å². The highest BCUT2D eigenvalue weighted by Crippen LogP contribution is 1.99. The molecule has 0 radical (unpaired) electrons. The predicted octanol–water partition coefficient (Wildman–Crippen LogP) is 2.11. The first kappa shape index (κ1) is 17.2. The largest absolute Gasteiger partial charge is 0.370 e. The molecule has 5 heteroatoms. The highest BCUT2D eigenvalue weighted by molar-refractivity contribution is 14.0. The molecule has 102 valence electrons. The van der Waals surface area contributed by atoms with E-state index < -0.39 is 0 Å². The fourth-order valence-electron chi connectivity index (χ4n) is 1.32. The van der Waals surface area contributed by atoms with Gasteiger partial charge in [0.1, 0.15) is 0 Å². The number of rotatable bonds is 5. The fraction of sp³-hybridized carbons (Fsp3) is 0.538. The van der Waals surface area contributed by atoms with Gasteiger partial charge in [0.15, 0.2) is 5.96 Å². The molecular formula is C13H23IN4. The third-order valence-corrected chi connectivity index (χ3v) is 2.32. The maximum atomic E-state index is 5.73. The van der Waals surface area contributed by atoms with Crippen molar-refractivity contribution in [2.45, 2.75) is 27.2 Å². The first-order valence-corrected chi connectivity index (χ1v) is 6.03. The zero-order valence-electron chi connectivity index (χ0n) is 11.3. The summed E-state index contributed by atoms with van der Waals surface area (Å²) in [6, 6.07) is 4.11. The average Bonchev–Trinajstić information content (AvgIpc) is 2.29. The molecule has 1 heterocycles. The Bertz CT molecular complexity index is 360. The lowest BCUT2D eigenvalue weighted by Crippen LogP contribution is -2.33. The monoisotopic (exact) mass is 362 g/mol. The van der Waals surface area contributed by atoms with Crippen molar-refractivity contribution in [1.29, 1.82) is 0 Å². The SMILES string of the molecule is Cc1ccc(CCNC(N)=NCC(C)C)cn1.I. The summed E-state index contributed by atoms with van der Waals surface area (Å²) in [5.41, 5.74) is 7.98. The van der Waals surface area contributed by atoms with Crippen LogP contribution in [-0.4, -0.2) is 24.0 Å². The van der Waals surface area contributed by atoms with Crippen LogP contribution < -0.4 is 11.1 Å². The number of guanidine groups is 1. The van der Waals surface area contributed by atoms with Crippen molar-refractivity contribution in [3.05, 3.63) is 29.6 Å². The lowest BCUT2D eigenvalue weighted by molar-refractivity contribution is 0.661. The second-order valence-electron chi connectivity index (χ2n) is 4.60. The molecule has 0 saturated heterocycles. The van der Waals surface area contributed by atoms with Crippen molar-refractivity contribution in [2.75, 3.05) is 13.1 Å². The molecule has 1 aromatic rings. The molecule has 0 amide bonds. The molecule has 0 bridgehead atoms. The Morgan fingerprint density at radius 2 is 2.17 bits per heavy atom. The van der Waals surface area contributed by atoms with E-state index in [0.29, 0.717) is 11.9 Å². The van der Waals surface area contributed by atoms with E-state index in [0.717, 1.165) is 25.2 Å². The Hall–Kier alpha value is -0.850. The van der Waals surface area contributed by atoms with E-state index in [1.807, 2.05) is 19.2 Å². The normalized spacial score (nSPS) is 11.2. The number of nitrogens with one attached hydrogen (secondary N) is 1. The molecule has 1 rings (SSSR count). The first-order valence-electron chi connectivity index (χ1n) is 6.03. The standard InChI is InChI=1S/C13H22N4.HI/c1-10(2)8-17-13(14)15-7-6-12-5-4-11(3)16-9-12;/h4-5,9-10H,6-8H2,1-3H3,(H3,14,15,17);1H. The number of nitrogens with zero attached hydrogens (tertiary/aromatic N) is 2. The van der Waals surface area contributed by atoms with Crippen LogP contribution in [0.25, 0.3) is 0 Å². The number of aliphatic imine (C=N–C) groups is 1. The lowest BCUT2D eigenvalue weighted by atomic mass is 10.2. The number of aryl methyl sites for hydroxylation is 1. The maximum absolute atomic E-state index is 5.73. The summed E-state index contributed by atoms with van der Waals surface area (Å²) in [4.78, 5) is 8.48. The summed E-state index contributed by atoms with van der Waals surface area (Å²) in [7, 11) is 0. The van der Waals surface area contributed by atoms with Crippen LogP contribution in [0.5, 0.6) is 0 Å². The number of pyridine rings is 1. The van der Waals surface area contributed by atoms with Gasteiger partial charge in [-0.05, 0) is 30.9 Å². The van der Waals surface area contributed by atoms with E-state index >= 15 is 0 Å². The number of nitrogens with two attached hydrogens (primary N) is 1. The van der Waals surface area contributed by atoms with Gasteiger partial charge in [0, 0.05) is 25.0 Å². The number of hydrogen-bond donors (Lipinski definition) is 2. The summed E-state index contributed by atoms with van der Waals surface area (Å²) in [5.74, 6) is 1.07. The Balaban J connectivity index is 0.00000289. The van der Waals surface area contributed by atoms with E-state index in [4.69, 9.17) is 5.73 Å². The van der Waals surface area contributed by atoms with Crippen LogP contribution in [0.1, 0.15) is 25.1 Å². The molecule has 0 aliphatic rings. The van der Waals surface area contributed by atoms with Gasteiger partial charge in [-0.2, -0.15) is 0 Å². The summed E-state index contributed by atoms with van der Waals surface area (Å²) in [6.45, 7) is 7.78. The molecule has 0 saturated carbocycles. The number of hydrogen-bond acceptors (Lipinski definition) is 2. The summed E-state index contributed by atoms with van der Waals surface area (Å²) in [6.07, 6.45) is 2.81. The summed E-state index contributed by atoms with van der Waals surface area (Å²) < 4.78 is 0. The van der Waals surface area contributed by atoms with Crippen molar-refractivity contribution in [1.82, 2.24) is 10.3 Å². The Morgan fingerprint density at radius 3 is 2.72 bits per heavy atom. The van der Waals surface area contributed by atoms with Gasteiger partial charge in [-0.15, -0.1) is 24.0 Å². The zero-order chi connectivity index (χ0) is 12.7. The number of halogens is 1. The number of aromatic nitrogens is 1. The van der Waals surface area contributed by atoms with Crippen LogP contribution in [0.15, 0.2) is 23.3 Å². The minimum Gasteiger partial charge on any atom is -0.370 e. The third kappa shape index (κ3) is 7.47. The second kappa shape index (κ2) is 9.13. The highest BCUT2D eigenvalue weighted by Gasteiger charge is 1.96. The van der Waals surface area contributed by atoms with E-state index in [-0.39, 0.29) is 24.0 Å². The van der Waals surface area contributed by atoms with Crippen LogP contribution in [-0.2, 0) is 6.42 Å². The third-order valence-electron chi connectivity index (χ3n) is 2.32. The fourth-order valence-corrected chi connectivity index (χ4v) is 1.32. The van der Waals surface area contributed by atoms with Gasteiger partial charge < -0.3 is 11.1 Å². The molecule has 0 aliphatic heterocycles. The molecule has 18 heavy (non-hydrogen) atoms. The molecule has 0 unspecified atom stereocenters. The van der Waals surface area contributed by atoms with Gasteiger partial charge >= 0.3 is 0 Å². The van der Waals surface area contributed by atoms with Gasteiger partial charge in [0.2, 0.25) is 0 Å². The minimum absolute atomic E-state index is 0. The van der Waals surface area contributed by atoms with Gasteiger partial charge in [-0.3, -0.25) is 9.98 Å². The van der Waals surface area contributed by atoms with Crippen LogP contribution in [0.3, 0.4) is 0 Å². The predicted molar refractivity (Wildman–Crippen MR) is 87.4 cm³/mol. The molecule has 4 nitrogen and oxygen atoms in total. The lowest BCUT2D eigenvalue weighted by Gasteiger charge is -2.06. The van der Waals surface area contributed by atoms with Gasteiger partial charge in [0.25, 0.3) is 0 Å². The van der Waals surface area contributed by atoms with E-state index in [9.17, 15) is 0 Å². The summed E-state index contributed by atoms with van der Waals surface area (Å²) in [5, 5.41) is 3.10. The van der Waals surface area contributed by atoms with Gasteiger partial charge in [-0.1, -0.05) is 19.9 Å². The molecule has 0 spiro atoms. The van der Waals surface area contributed by atoms with Gasteiger partial charge in [0.05, 0.1) is 0 Å². The van der Waals surface area contributed by atoms with Gasteiger partial charge in [-0.25, -0.2) is 0 Å². The molecule has 0 aromatic carbocycles. The smallest absolute Gasteiger partial charge is 0.188 e. The Morgan fingerprint density at radius 1 is 1.44 bits per heavy atom. The first-order chi connectivity index (χ1) is 8.08. The van der Waals surface area contributed by atoms with Crippen molar-refractivity contribution >= 4 is 29.9 Å². The highest BCUT2D eigenvalue weighted by atomic mass is 127. The summed E-state index contributed by atoms with van der Waals surface area (Å²) >= 11 is 0. The van der Waals surface area contributed by atoms with Crippen molar-refractivity contribution in [3.63, 3.8) is 0 Å². The van der Waals surface area contributed by atoms with Crippen molar-refractivity contribution in [3.8, 4) is 0 Å². The zero-order valence-corrected chi connectivity index (χ0v) is 13.6. The molecule has 1 aromatic heterocycles. The van der Waals surface area contributed by atoms with Crippen molar-refractivity contribution < 1.29 is 0 Å². The molecule has 0 aliphatic carbocycles. The van der Waals surface area contributed by atoms with E-state index in [2.05, 4.69) is 35.2 Å². The molecular weight excluding hydrogens is 339 g/mol. The molecule has 0 fully saturated rings. The molecule has 0 atom stereocenters. The van der Waals surface area contributed by atoms with Crippen LogP contribution in [0.2, 0.25) is 0 Å². The van der Waals surface area contributed by atoms with E-state index in [1.165, 1.54) is 5.56 Å². The van der Waals surface area contributed by atoms with Crippen LogP contribution >= 0.6 is 24.0 Å². The average molecular weight is 362 g/mol. The van der Waals surface area contributed by atoms with Crippen molar-refractivity contribution in [2.24, 2.45) is 16.6 Å².